The van der Waals surface area contributed by atoms with E-state index in [0.717, 1.165) is 0 Å². The number of hydrogen-bond acceptors (Lipinski definition) is 4. The molecule has 1 heterocycles. The van der Waals surface area contributed by atoms with E-state index in [1.807, 2.05) is 11.4 Å². The molecule has 1 aromatic rings. The predicted octanol–water partition coefficient (Wildman–Crippen LogP) is 0.610. The van der Waals surface area contributed by atoms with Crippen LogP contribution in [0.3, 0.4) is 0 Å². The Bertz CT molecular complexity index is 352. The van der Waals surface area contributed by atoms with Crippen LogP contribution in [-0.4, -0.2) is 34.9 Å². The molecule has 0 saturated heterocycles. The van der Waals surface area contributed by atoms with Gasteiger partial charge >= 0.3 is 0 Å². The first kappa shape index (κ1) is 11.6. The van der Waals surface area contributed by atoms with Crippen LogP contribution in [0.1, 0.15) is 22.5 Å². The fourth-order valence-corrected chi connectivity index (χ4v) is 2.71. The lowest BCUT2D eigenvalue weighted by Crippen LogP contribution is -2.32. The first-order valence-electron chi connectivity index (χ1n) is 5.34. The summed E-state index contributed by atoms with van der Waals surface area (Å²) in [7, 11) is 0. The zero-order valence-corrected chi connectivity index (χ0v) is 9.61. The Hall–Kier alpha value is -0.910. The van der Waals surface area contributed by atoms with Gasteiger partial charge in [0.15, 0.2) is 0 Å². The Morgan fingerprint density at radius 1 is 1.56 bits per heavy atom. The van der Waals surface area contributed by atoms with E-state index in [0.29, 0.717) is 17.7 Å². The minimum Gasteiger partial charge on any atom is -0.396 e. The summed E-state index contributed by atoms with van der Waals surface area (Å²) in [6.07, 6.45) is 0.676. The highest BCUT2D eigenvalue weighted by atomic mass is 32.1. The van der Waals surface area contributed by atoms with Crippen LogP contribution in [0.4, 0.5) is 0 Å². The lowest BCUT2D eigenvalue weighted by molar-refractivity contribution is 0.0904. The second-order valence-corrected chi connectivity index (χ2v) is 5.08. The summed E-state index contributed by atoms with van der Waals surface area (Å²) < 4.78 is 0. The molecule has 1 aromatic heterocycles. The fourth-order valence-electron chi connectivity index (χ4n) is 2.08. The van der Waals surface area contributed by atoms with Crippen LogP contribution in [-0.2, 0) is 0 Å². The molecule has 4 nitrogen and oxygen atoms in total. The van der Waals surface area contributed by atoms with Crippen LogP contribution in [0.25, 0.3) is 0 Å². The van der Waals surface area contributed by atoms with E-state index in [1.165, 1.54) is 11.3 Å². The summed E-state index contributed by atoms with van der Waals surface area (Å²) in [6, 6.07) is 3.58. The van der Waals surface area contributed by atoms with Crippen LogP contribution in [0.15, 0.2) is 17.5 Å². The van der Waals surface area contributed by atoms with Gasteiger partial charge in [-0.3, -0.25) is 4.79 Å². The molecule has 1 aliphatic rings. The smallest absolute Gasteiger partial charge is 0.261 e. The number of aliphatic hydroxyl groups is 2. The monoisotopic (exact) mass is 241 g/mol. The summed E-state index contributed by atoms with van der Waals surface area (Å²) in [6.45, 7) is -0.0213. The van der Waals surface area contributed by atoms with E-state index >= 15 is 0 Å². The first-order valence-corrected chi connectivity index (χ1v) is 6.22. The molecule has 0 unspecified atom stereocenters. The van der Waals surface area contributed by atoms with Gasteiger partial charge in [0.05, 0.1) is 11.0 Å². The molecule has 0 aromatic carbocycles. The van der Waals surface area contributed by atoms with Crippen molar-refractivity contribution < 1.29 is 15.0 Å². The topological polar surface area (TPSA) is 69.6 Å². The molecule has 3 N–H and O–H groups in total. The van der Waals surface area contributed by atoms with E-state index in [2.05, 4.69) is 5.32 Å². The third-order valence-electron chi connectivity index (χ3n) is 2.97. The molecule has 2 rings (SSSR count). The number of nitrogens with one attached hydrogen (secondary N) is 1. The largest absolute Gasteiger partial charge is 0.396 e. The van der Waals surface area contributed by atoms with Crippen LogP contribution < -0.4 is 5.32 Å². The maximum atomic E-state index is 11.7. The SMILES string of the molecule is O=C(N[C@H]1C[C@H](CO)[C@H](O)C1)c1cccs1. The molecule has 0 bridgehead atoms. The summed E-state index contributed by atoms with van der Waals surface area (Å²) >= 11 is 1.40. The third kappa shape index (κ3) is 2.42. The normalized spacial score (nSPS) is 29.2. The highest BCUT2D eigenvalue weighted by molar-refractivity contribution is 7.12. The molecule has 0 spiro atoms. The molecule has 5 heteroatoms. The van der Waals surface area contributed by atoms with Crippen molar-refractivity contribution in [2.75, 3.05) is 6.61 Å². The minimum absolute atomic E-state index is 0.0213. The lowest BCUT2D eigenvalue weighted by Gasteiger charge is -2.11. The van der Waals surface area contributed by atoms with Crippen molar-refractivity contribution in [1.82, 2.24) is 5.32 Å². The van der Waals surface area contributed by atoms with Gasteiger partial charge in [-0.2, -0.15) is 0 Å². The van der Waals surface area contributed by atoms with Gasteiger partial charge in [0.1, 0.15) is 0 Å². The summed E-state index contributed by atoms with van der Waals surface area (Å²) in [5.74, 6) is -0.195. The molecule has 1 saturated carbocycles. The Labute approximate surface area is 97.9 Å². The molecular weight excluding hydrogens is 226 g/mol. The molecule has 3 atom stereocenters. The number of aliphatic hydroxyl groups excluding tert-OH is 2. The van der Waals surface area contributed by atoms with Crippen molar-refractivity contribution in [3.63, 3.8) is 0 Å². The summed E-state index contributed by atoms with van der Waals surface area (Å²) in [4.78, 5) is 12.4. The quantitative estimate of drug-likeness (QED) is 0.726. The molecule has 1 aliphatic carbocycles. The highest BCUT2D eigenvalue weighted by Gasteiger charge is 2.33. The number of carbonyl (C=O) groups excluding carboxylic acids is 1. The van der Waals surface area contributed by atoms with Crippen molar-refractivity contribution >= 4 is 17.2 Å². The van der Waals surface area contributed by atoms with Gasteiger partial charge in [-0.05, 0) is 24.3 Å². The van der Waals surface area contributed by atoms with Crippen LogP contribution in [0, 0.1) is 5.92 Å². The average molecular weight is 241 g/mol. The van der Waals surface area contributed by atoms with Crippen molar-refractivity contribution in [3.8, 4) is 0 Å². The molecule has 0 radical (unpaired) electrons. The standard InChI is InChI=1S/C11H15NO3S/c13-6-7-4-8(5-9(7)14)12-11(15)10-2-1-3-16-10/h1-3,7-9,13-14H,4-6H2,(H,12,15)/t7-,8+,9-/m1/s1. The second-order valence-electron chi connectivity index (χ2n) is 4.13. The second kappa shape index (κ2) is 4.95. The Morgan fingerprint density at radius 2 is 2.38 bits per heavy atom. The van der Waals surface area contributed by atoms with Crippen molar-refractivity contribution in [2.24, 2.45) is 5.92 Å². The Morgan fingerprint density at radius 3 is 2.94 bits per heavy atom. The van der Waals surface area contributed by atoms with Gasteiger partial charge < -0.3 is 15.5 Å². The van der Waals surface area contributed by atoms with E-state index in [4.69, 9.17) is 5.11 Å². The van der Waals surface area contributed by atoms with Crippen molar-refractivity contribution in [3.05, 3.63) is 22.4 Å². The maximum Gasteiger partial charge on any atom is 0.261 e. The number of thiophene rings is 1. The number of rotatable bonds is 3. The molecule has 88 valence electrons. The Balaban J connectivity index is 1.90. The molecule has 1 amide bonds. The molecule has 0 aliphatic heterocycles. The number of amides is 1. The van der Waals surface area contributed by atoms with Crippen LogP contribution in [0.2, 0.25) is 0 Å². The zero-order chi connectivity index (χ0) is 11.5. The van der Waals surface area contributed by atoms with E-state index in [9.17, 15) is 9.90 Å². The first-order chi connectivity index (χ1) is 7.70. The minimum atomic E-state index is -0.501. The van der Waals surface area contributed by atoms with Gasteiger partial charge in [0.25, 0.3) is 5.91 Å². The Kier molecular flexibility index (Phi) is 3.58. The maximum absolute atomic E-state index is 11.7. The van der Waals surface area contributed by atoms with Crippen LogP contribution in [0.5, 0.6) is 0 Å². The van der Waals surface area contributed by atoms with Gasteiger partial charge in [-0.15, -0.1) is 11.3 Å². The van der Waals surface area contributed by atoms with Gasteiger partial charge in [0, 0.05) is 18.6 Å². The van der Waals surface area contributed by atoms with E-state index in [-0.39, 0.29) is 24.5 Å². The zero-order valence-electron chi connectivity index (χ0n) is 8.80. The molecular formula is C11H15NO3S. The summed E-state index contributed by atoms with van der Waals surface area (Å²) in [5, 5.41) is 23.3. The van der Waals surface area contributed by atoms with Crippen molar-refractivity contribution in [1.29, 1.82) is 0 Å². The van der Waals surface area contributed by atoms with E-state index in [1.54, 1.807) is 6.07 Å². The van der Waals surface area contributed by atoms with Gasteiger partial charge in [-0.1, -0.05) is 6.07 Å². The third-order valence-corrected chi connectivity index (χ3v) is 3.84. The summed E-state index contributed by atoms with van der Waals surface area (Å²) in [5.41, 5.74) is 0. The number of carbonyl (C=O) groups is 1. The average Bonchev–Trinajstić information content (AvgIpc) is 2.87. The van der Waals surface area contributed by atoms with Gasteiger partial charge in [-0.25, -0.2) is 0 Å². The van der Waals surface area contributed by atoms with Crippen molar-refractivity contribution in [2.45, 2.75) is 25.0 Å². The molecule has 16 heavy (non-hydrogen) atoms. The van der Waals surface area contributed by atoms with E-state index < -0.39 is 6.10 Å². The highest BCUT2D eigenvalue weighted by Crippen LogP contribution is 2.26. The lowest BCUT2D eigenvalue weighted by atomic mass is 10.1. The number of hydrogen-bond donors (Lipinski definition) is 3. The predicted molar refractivity (Wildman–Crippen MR) is 61.4 cm³/mol. The van der Waals surface area contributed by atoms with Gasteiger partial charge in [0.2, 0.25) is 0 Å². The van der Waals surface area contributed by atoms with Crippen LogP contribution >= 0.6 is 11.3 Å². The fraction of sp³-hybridized carbons (Fsp3) is 0.545. The molecule has 1 fully saturated rings.